The summed E-state index contributed by atoms with van der Waals surface area (Å²) in [7, 11) is 1.81. The van der Waals surface area contributed by atoms with Crippen LogP contribution in [0.4, 0.5) is 16.2 Å². The molecule has 180 valence electrons. The van der Waals surface area contributed by atoms with Gasteiger partial charge in [-0.25, -0.2) is 4.79 Å². The van der Waals surface area contributed by atoms with Crippen molar-refractivity contribution in [1.29, 1.82) is 0 Å². The zero-order chi connectivity index (χ0) is 23.8. The number of anilines is 2. The number of hydrogen-bond acceptors (Lipinski definition) is 7. The quantitative estimate of drug-likeness (QED) is 0.696. The van der Waals surface area contributed by atoms with E-state index in [1.807, 2.05) is 39.0 Å². The van der Waals surface area contributed by atoms with E-state index in [0.29, 0.717) is 26.0 Å². The third-order valence-electron chi connectivity index (χ3n) is 6.48. The molecule has 33 heavy (non-hydrogen) atoms. The smallest absolute Gasteiger partial charge is 0.410 e. The van der Waals surface area contributed by atoms with Gasteiger partial charge >= 0.3 is 6.09 Å². The average Bonchev–Trinajstić information content (AvgIpc) is 2.77. The molecular formula is C24H34N4O5. The summed E-state index contributed by atoms with van der Waals surface area (Å²) in [5.41, 5.74) is 1.38. The van der Waals surface area contributed by atoms with Crippen LogP contribution in [0.2, 0.25) is 0 Å². The summed E-state index contributed by atoms with van der Waals surface area (Å²) in [5, 5.41) is 2.46. The van der Waals surface area contributed by atoms with Crippen molar-refractivity contribution < 1.29 is 23.9 Å². The first-order chi connectivity index (χ1) is 15.6. The number of nitrogens with zero attached hydrogens (tertiary/aromatic N) is 3. The molecule has 3 heterocycles. The van der Waals surface area contributed by atoms with Crippen molar-refractivity contribution in [3.8, 4) is 5.75 Å². The number of rotatable bonds is 3. The van der Waals surface area contributed by atoms with Gasteiger partial charge in [0.25, 0.3) is 0 Å². The largest absolute Gasteiger partial charge is 0.487 e. The molecule has 0 saturated carbocycles. The SMILES string of the molecule is CN(C(=O)OC(C)(C)C)C1CCN(c2cccc3c2OCCN3[C@@H]2CCC(=O)NC2=O)CC1. The lowest BCUT2D eigenvalue weighted by Crippen LogP contribution is -2.54. The molecule has 1 aromatic rings. The zero-order valence-electron chi connectivity index (χ0n) is 19.9. The van der Waals surface area contributed by atoms with Gasteiger partial charge < -0.3 is 24.2 Å². The molecule has 3 amide bonds. The predicted molar refractivity (Wildman–Crippen MR) is 125 cm³/mol. The Morgan fingerprint density at radius 2 is 1.82 bits per heavy atom. The first kappa shape index (κ1) is 23.2. The molecule has 0 aliphatic carbocycles. The molecule has 2 saturated heterocycles. The van der Waals surface area contributed by atoms with E-state index >= 15 is 0 Å². The van der Waals surface area contributed by atoms with Gasteiger partial charge in [-0.05, 0) is 52.2 Å². The summed E-state index contributed by atoms with van der Waals surface area (Å²) in [6.45, 7) is 8.28. The van der Waals surface area contributed by atoms with Gasteiger partial charge in [0.2, 0.25) is 11.8 Å². The molecule has 3 aliphatic heterocycles. The number of para-hydroxylation sites is 1. The third kappa shape index (κ3) is 5.02. The fourth-order valence-electron chi connectivity index (χ4n) is 4.78. The molecule has 1 atom stereocenters. The monoisotopic (exact) mass is 458 g/mol. The van der Waals surface area contributed by atoms with Crippen LogP contribution < -0.4 is 19.9 Å². The molecule has 0 radical (unpaired) electrons. The van der Waals surface area contributed by atoms with E-state index in [1.54, 1.807) is 11.9 Å². The number of fused-ring (bicyclic) bond motifs is 1. The van der Waals surface area contributed by atoms with Crippen LogP contribution in [0.15, 0.2) is 18.2 Å². The summed E-state index contributed by atoms with van der Waals surface area (Å²) >= 11 is 0. The van der Waals surface area contributed by atoms with Crippen LogP contribution in [-0.2, 0) is 14.3 Å². The van der Waals surface area contributed by atoms with Gasteiger partial charge in [0.05, 0.1) is 17.9 Å². The second kappa shape index (κ2) is 9.11. The van der Waals surface area contributed by atoms with Crippen LogP contribution in [0, 0.1) is 0 Å². The van der Waals surface area contributed by atoms with Crippen LogP contribution in [0.5, 0.6) is 5.75 Å². The number of benzene rings is 1. The average molecular weight is 459 g/mol. The summed E-state index contributed by atoms with van der Waals surface area (Å²) in [5.74, 6) is 0.334. The van der Waals surface area contributed by atoms with E-state index in [2.05, 4.69) is 15.1 Å². The Balaban J connectivity index is 1.46. The Labute approximate surface area is 195 Å². The van der Waals surface area contributed by atoms with Gasteiger partial charge in [0, 0.05) is 32.6 Å². The fraction of sp³-hybridized carbons (Fsp3) is 0.625. The molecule has 4 rings (SSSR count). The standard InChI is InChI=1S/C24H34N4O5/c1-24(2,3)33-23(31)26(4)16-10-12-27(13-11-16)17-6-5-7-18-21(17)32-15-14-28(18)19-8-9-20(29)25-22(19)30/h5-7,16,19H,8-15H2,1-4H3,(H,25,29,30)/t19-/m1/s1. The molecule has 0 aromatic heterocycles. The van der Waals surface area contributed by atoms with E-state index in [9.17, 15) is 14.4 Å². The lowest BCUT2D eigenvalue weighted by Gasteiger charge is -2.41. The summed E-state index contributed by atoms with van der Waals surface area (Å²) in [6, 6.07) is 5.76. The Hall–Kier alpha value is -2.97. The molecular weight excluding hydrogens is 424 g/mol. The number of piperidine rings is 2. The molecule has 0 bridgehead atoms. The maximum Gasteiger partial charge on any atom is 0.410 e. The van der Waals surface area contributed by atoms with Gasteiger partial charge in [-0.15, -0.1) is 0 Å². The Morgan fingerprint density at radius 1 is 1.12 bits per heavy atom. The van der Waals surface area contributed by atoms with E-state index in [0.717, 1.165) is 43.1 Å². The lowest BCUT2D eigenvalue weighted by atomic mass is 10.0. The van der Waals surface area contributed by atoms with Crippen molar-refractivity contribution in [1.82, 2.24) is 10.2 Å². The minimum Gasteiger partial charge on any atom is -0.487 e. The van der Waals surface area contributed by atoms with Gasteiger partial charge in [-0.2, -0.15) is 0 Å². The van der Waals surface area contributed by atoms with Crippen LogP contribution in [0.25, 0.3) is 0 Å². The van der Waals surface area contributed by atoms with E-state index in [-0.39, 0.29) is 30.0 Å². The van der Waals surface area contributed by atoms with Crippen LogP contribution in [-0.4, -0.2) is 73.8 Å². The second-order valence-corrected chi connectivity index (χ2v) is 9.94. The minimum atomic E-state index is -0.513. The lowest BCUT2D eigenvalue weighted by molar-refractivity contribution is -0.134. The molecule has 9 nitrogen and oxygen atoms in total. The summed E-state index contributed by atoms with van der Waals surface area (Å²) in [6.07, 6.45) is 2.23. The minimum absolute atomic E-state index is 0.122. The molecule has 1 aromatic carbocycles. The first-order valence-electron chi connectivity index (χ1n) is 11.7. The van der Waals surface area contributed by atoms with Crippen molar-refractivity contribution in [2.45, 2.75) is 64.1 Å². The zero-order valence-corrected chi connectivity index (χ0v) is 19.9. The van der Waals surface area contributed by atoms with Gasteiger partial charge in [-0.1, -0.05) is 6.07 Å². The van der Waals surface area contributed by atoms with Crippen LogP contribution >= 0.6 is 0 Å². The number of hydrogen-bond donors (Lipinski definition) is 1. The van der Waals surface area contributed by atoms with E-state index < -0.39 is 5.60 Å². The van der Waals surface area contributed by atoms with Crippen molar-refractivity contribution >= 4 is 29.3 Å². The normalized spacial score (nSPS) is 21.8. The van der Waals surface area contributed by atoms with Gasteiger partial charge in [0.1, 0.15) is 18.2 Å². The second-order valence-electron chi connectivity index (χ2n) is 9.94. The van der Waals surface area contributed by atoms with Crippen molar-refractivity contribution in [2.24, 2.45) is 0 Å². The third-order valence-corrected chi connectivity index (χ3v) is 6.48. The number of carbonyl (C=O) groups excluding carboxylic acids is 3. The predicted octanol–water partition coefficient (Wildman–Crippen LogP) is 2.53. The molecule has 3 aliphatic rings. The van der Waals surface area contributed by atoms with Gasteiger partial charge in [0.15, 0.2) is 5.75 Å². The number of amides is 3. The number of nitrogens with one attached hydrogen (secondary N) is 1. The molecule has 2 fully saturated rings. The van der Waals surface area contributed by atoms with Gasteiger partial charge in [-0.3, -0.25) is 14.9 Å². The Kier molecular flexibility index (Phi) is 6.41. The fourth-order valence-corrected chi connectivity index (χ4v) is 4.78. The van der Waals surface area contributed by atoms with Crippen LogP contribution in [0.1, 0.15) is 46.5 Å². The number of carbonyl (C=O) groups is 3. The number of ether oxygens (including phenoxy) is 2. The maximum atomic E-state index is 12.5. The molecule has 1 N–H and O–H groups in total. The molecule has 0 spiro atoms. The van der Waals surface area contributed by atoms with Crippen LogP contribution in [0.3, 0.4) is 0 Å². The Morgan fingerprint density at radius 3 is 2.48 bits per heavy atom. The topological polar surface area (TPSA) is 91.4 Å². The highest BCUT2D eigenvalue weighted by atomic mass is 16.6. The van der Waals surface area contributed by atoms with E-state index in [1.165, 1.54) is 0 Å². The van der Waals surface area contributed by atoms with Crippen molar-refractivity contribution in [3.63, 3.8) is 0 Å². The molecule has 0 unspecified atom stereocenters. The van der Waals surface area contributed by atoms with E-state index in [4.69, 9.17) is 9.47 Å². The maximum absolute atomic E-state index is 12.5. The highest BCUT2D eigenvalue weighted by Gasteiger charge is 2.36. The summed E-state index contributed by atoms with van der Waals surface area (Å²) in [4.78, 5) is 42.6. The molecule has 9 heteroatoms. The van der Waals surface area contributed by atoms with Crippen molar-refractivity contribution in [3.05, 3.63) is 18.2 Å². The highest BCUT2D eigenvalue weighted by Crippen LogP contribution is 2.42. The highest BCUT2D eigenvalue weighted by molar-refractivity contribution is 6.02. The summed E-state index contributed by atoms with van der Waals surface area (Å²) < 4.78 is 11.6. The first-order valence-corrected chi connectivity index (χ1v) is 11.7. The van der Waals surface area contributed by atoms with Crippen molar-refractivity contribution in [2.75, 3.05) is 43.1 Å². The number of imide groups is 1. The Bertz CT molecular complexity index is 920.